The number of benzene rings is 1. The van der Waals surface area contributed by atoms with Gasteiger partial charge in [-0.3, -0.25) is 0 Å². The summed E-state index contributed by atoms with van der Waals surface area (Å²) in [5, 5.41) is 0. The minimum atomic E-state index is 0.306. The number of nitrogens with zero attached hydrogens (tertiary/aromatic N) is 2. The van der Waals surface area contributed by atoms with E-state index in [1.807, 2.05) is 0 Å². The van der Waals surface area contributed by atoms with Gasteiger partial charge in [-0.2, -0.15) is 0 Å². The van der Waals surface area contributed by atoms with E-state index in [9.17, 15) is 0 Å². The van der Waals surface area contributed by atoms with E-state index >= 15 is 0 Å². The predicted molar refractivity (Wildman–Crippen MR) is 89.3 cm³/mol. The van der Waals surface area contributed by atoms with Gasteiger partial charge in [0.15, 0.2) is 0 Å². The SMILES string of the molecule is Cc1cc(OCCCN(C)C)ccc1N1CCCC(N)C1. The lowest BCUT2D eigenvalue weighted by Crippen LogP contribution is -2.43. The second-order valence-electron chi connectivity index (χ2n) is 6.30. The standard InChI is InChI=1S/C17H29N3O/c1-14-12-16(21-11-5-9-19(2)3)7-8-17(14)20-10-4-6-15(18)13-20/h7-8,12,15H,4-6,9-11,13,18H2,1-3H3. The molecule has 4 heteroatoms. The monoisotopic (exact) mass is 291 g/mol. The Kier molecular flexibility index (Phi) is 5.88. The molecule has 1 aromatic rings. The van der Waals surface area contributed by atoms with Crippen molar-refractivity contribution in [2.75, 3.05) is 45.2 Å². The maximum Gasteiger partial charge on any atom is 0.119 e. The molecule has 0 aromatic heterocycles. The van der Waals surface area contributed by atoms with Gasteiger partial charge in [-0.25, -0.2) is 0 Å². The number of rotatable bonds is 6. The van der Waals surface area contributed by atoms with Crippen LogP contribution in [0, 0.1) is 6.92 Å². The first-order valence-electron chi connectivity index (χ1n) is 7.95. The molecule has 0 amide bonds. The third-order valence-corrected chi connectivity index (χ3v) is 3.99. The summed E-state index contributed by atoms with van der Waals surface area (Å²) < 4.78 is 5.83. The normalized spacial score (nSPS) is 19.1. The molecule has 1 aliphatic heterocycles. The van der Waals surface area contributed by atoms with Crippen LogP contribution in [0.5, 0.6) is 5.75 Å². The van der Waals surface area contributed by atoms with Crippen LogP contribution in [0.15, 0.2) is 18.2 Å². The minimum Gasteiger partial charge on any atom is -0.494 e. The number of nitrogens with two attached hydrogens (primary N) is 1. The maximum absolute atomic E-state index is 6.08. The molecule has 1 aromatic carbocycles. The highest BCUT2D eigenvalue weighted by molar-refractivity contribution is 5.56. The first-order chi connectivity index (χ1) is 10.1. The predicted octanol–water partition coefficient (Wildman–Crippen LogP) is 2.25. The molecule has 0 spiro atoms. The largest absolute Gasteiger partial charge is 0.494 e. The van der Waals surface area contributed by atoms with E-state index in [4.69, 9.17) is 10.5 Å². The average molecular weight is 291 g/mol. The van der Waals surface area contributed by atoms with Crippen LogP contribution < -0.4 is 15.4 Å². The quantitative estimate of drug-likeness (QED) is 0.816. The number of hydrogen-bond acceptors (Lipinski definition) is 4. The fraction of sp³-hybridized carbons (Fsp3) is 0.647. The van der Waals surface area contributed by atoms with Gasteiger partial charge in [-0.1, -0.05) is 0 Å². The van der Waals surface area contributed by atoms with Crippen molar-refractivity contribution in [1.29, 1.82) is 0 Å². The average Bonchev–Trinajstić information content (AvgIpc) is 2.43. The topological polar surface area (TPSA) is 41.7 Å². The third-order valence-electron chi connectivity index (χ3n) is 3.99. The number of piperidine rings is 1. The molecule has 118 valence electrons. The van der Waals surface area contributed by atoms with E-state index in [0.717, 1.165) is 44.8 Å². The van der Waals surface area contributed by atoms with Gasteiger partial charge >= 0.3 is 0 Å². The molecule has 0 saturated carbocycles. The Balaban J connectivity index is 1.91. The fourth-order valence-electron chi connectivity index (χ4n) is 2.87. The summed E-state index contributed by atoms with van der Waals surface area (Å²) >= 11 is 0. The van der Waals surface area contributed by atoms with Crippen LogP contribution in [0.1, 0.15) is 24.8 Å². The van der Waals surface area contributed by atoms with Crippen LogP contribution in [0.25, 0.3) is 0 Å². The van der Waals surface area contributed by atoms with Crippen molar-refractivity contribution in [3.8, 4) is 5.75 Å². The zero-order valence-electron chi connectivity index (χ0n) is 13.6. The fourth-order valence-corrected chi connectivity index (χ4v) is 2.87. The van der Waals surface area contributed by atoms with E-state index in [2.05, 4.69) is 49.0 Å². The molecule has 0 radical (unpaired) electrons. The maximum atomic E-state index is 6.08. The highest BCUT2D eigenvalue weighted by atomic mass is 16.5. The number of hydrogen-bond donors (Lipinski definition) is 1. The van der Waals surface area contributed by atoms with Gasteiger partial charge in [0.05, 0.1) is 6.61 Å². The first-order valence-corrected chi connectivity index (χ1v) is 7.95. The molecule has 21 heavy (non-hydrogen) atoms. The molecule has 2 N–H and O–H groups in total. The molecule has 0 bridgehead atoms. The van der Waals surface area contributed by atoms with Crippen LogP contribution in [-0.2, 0) is 0 Å². The summed E-state index contributed by atoms with van der Waals surface area (Å²) in [5.74, 6) is 0.969. The zero-order chi connectivity index (χ0) is 15.2. The van der Waals surface area contributed by atoms with Gasteiger partial charge in [0.25, 0.3) is 0 Å². The summed E-state index contributed by atoms with van der Waals surface area (Å²) in [6, 6.07) is 6.71. The molecule has 1 unspecified atom stereocenters. The summed E-state index contributed by atoms with van der Waals surface area (Å²) in [6.45, 7) is 6.05. The Morgan fingerprint density at radius 3 is 2.86 bits per heavy atom. The van der Waals surface area contributed by atoms with Crippen molar-refractivity contribution >= 4 is 5.69 Å². The highest BCUT2D eigenvalue weighted by Gasteiger charge is 2.18. The lowest BCUT2D eigenvalue weighted by Gasteiger charge is -2.33. The van der Waals surface area contributed by atoms with Crippen molar-refractivity contribution in [1.82, 2.24) is 4.90 Å². The Morgan fingerprint density at radius 2 is 2.19 bits per heavy atom. The Hall–Kier alpha value is -1.26. The molecule has 1 atom stereocenters. The second kappa shape index (κ2) is 7.66. The summed E-state index contributed by atoms with van der Waals surface area (Å²) in [7, 11) is 4.17. The summed E-state index contributed by atoms with van der Waals surface area (Å²) in [4.78, 5) is 4.58. The molecule has 1 heterocycles. The van der Waals surface area contributed by atoms with Gasteiger partial charge in [-0.15, -0.1) is 0 Å². The first kappa shape index (κ1) is 16.1. The van der Waals surface area contributed by atoms with Crippen LogP contribution in [0.4, 0.5) is 5.69 Å². The second-order valence-corrected chi connectivity index (χ2v) is 6.30. The van der Waals surface area contributed by atoms with Crippen molar-refractivity contribution in [2.45, 2.75) is 32.2 Å². The van der Waals surface area contributed by atoms with Gasteiger partial charge < -0.3 is 20.3 Å². The molecule has 1 fully saturated rings. The summed E-state index contributed by atoms with van der Waals surface area (Å²) in [6.07, 6.45) is 3.38. The van der Waals surface area contributed by atoms with E-state index in [-0.39, 0.29) is 0 Å². The number of aryl methyl sites for hydroxylation is 1. The van der Waals surface area contributed by atoms with Crippen molar-refractivity contribution in [3.05, 3.63) is 23.8 Å². The van der Waals surface area contributed by atoms with E-state index < -0.39 is 0 Å². The van der Waals surface area contributed by atoms with E-state index in [1.165, 1.54) is 17.7 Å². The van der Waals surface area contributed by atoms with Gasteiger partial charge in [0.1, 0.15) is 5.75 Å². The Labute approximate surface area is 128 Å². The van der Waals surface area contributed by atoms with Crippen molar-refractivity contribution in [2.24, 2.45) is 5.73 Å². The van der Waals surface area contributed by atoms with Crippen molar-refractivity contribution in [3.63, 3.8) is 0 Å². The van der Waals surface area contributed by atoms with E-state index in [0.29, 0.717) is 6.04 Å². The number of anilines is 1. The van der Waals surface area contributed by atoms with Gasteiger partial charge in [0.2, 0.25) is 0 Å². The minimum absolute atomic E-state index is 0.306. The molecular weight excluding hydrogens is 262 g/mol. The molecule has 2 rings (SSSR count). The third kappa shape index (κ3) is 4.90. The van der Waals surface area contributed by atoms with E-state index in [1.54, 1.807) is 0 Å². The lowest BCUT2D eigenvalue weighted by molar-refractivity contribution is 0.281. The molecule has 1 saturated heterocycles. The zero-order valence-corrected chi connectivity index (χ0v) is 13.6. The lowest BCUT2D eigenvalue weighted by atomic mass is 10.0. The van der Waals surface area contributed by atoms with Crippen LogP contribution >= 0.6 is 0 Å². The number of ether oxygens (including phenoxy) is 1. The summed E-state index contributed by atoms with van der Waals surface area (Å²) in [5.41, 5.74) is 8.65. The van der Waals surface area contributed by atoms with Gasteiger partial charge in [-0.05, 0) is 64.0 Å². The molecule has 1 aliphatic rings. The molecule has 0 aliphatic carbocycles. The van der Waals surface area contributed by atoms with Gasteiger partial charge in [0, 0.05) is 31.4 Å². The van der Waals surface area contributed by atoms with Crippen LogP contribution in [0.3, 0.4) is 0 Å². The highest BCUT2D eigenvalue weighted by Crippen LogP contribution is 2.27. The Morgan fingerprint density at radius 1 is 1.38 bits per heavy atom. The molecular formula is C17H29N3O. The smallest absolute Gasteiger partial charge is 0.119 e. The Bertz CT molecular complexity index is 448. The van der Waals surface area contributed by atoms with Crippen molar-refractivity contribution < 1.29 is 4.74 Å². The van der Waals surface area contributed by atoms with Crippen LogP contribution in [-0.4, -0.2) is 51.3 Å². The molecule has 4 nitrogen and oxygen atoms in total. The van der Waals surface area contributed by atoms with Crippen LogP contribution in [0.2, 0.25) is 0 Å².